The number of aliphatic hydroxyl groups is 1. The summed E-state index contributed by atoms with van der Waals surface area (Å²) in [5.41, 5.74) is 0.889. The first-order valence-corrected chi connectivity index (χ1v) is 5.91. The molecular formula is C13H16FNO3. The third kappa shape index (κ3) is 2.98. The summed E-state index contributed by atoms with van der Waals surface area (Å²) in [6.45, 7) is 0.144. The summed E-state index contributed by atoms with van der Waals surface area (Å²) >= 11 is 0. The Bertz CT molecular complexity index is 398. The standard InChI is InChI=1S/C13H16FNO3/c14-12-7-15(6-11(12)8-16)13(17)18-9-10-4-2-1-3-5-10/h1-5,11-12,16H,6-9H2/t11-,12-/m1/s1. The van der Waals surface area contributed by atoms with E-state index in [1.807, 2.05) is 30.3 Å². The van der Waals surface area contributed by atoms with Gasteiger partial charge in [-0.05, 0) is 5.56 Å². The third-order valence-corrected chi connectivity index (χ3v) is 3.06. The van der Waals surface area contributed by atoms with Gasteiger partial charge >= 0.3 is 6.09 Å². The van der Waals surface area contributed by atoms with Crippen LogP contribution in [-0.4, -0.2) is 42.0 Å². The zero-order chi connectivity index (χ0) is 13.0. The number of benzene rings is 1. The van der Waals surface area contributed by atoms with Crippen molar-refractivity contribution >= 4 is 6.09 Å². The van der Waals surface area contributed by atoms with Crippen molar-refractivity contribution < 1.29 is 19.0 Å². The molecule has 1 aliphatic heterocycles. The van der Waals surface area contributed by atoms with Crippen LogP contribution in [0.2, 0.25) is 0 Å². The number of carbonyl (C=O) groups excluding carboxylic acids is 1. The van der Waals surface area contributed by atoms with E-state index in [0.29, 0.717) is 0 Å². The maximum atomic E-state index is 13.4. The van der Waals surface area contributed by atoms with Crippen molar-refractivity contribution in [2.24, 2.45) is 5.92 Å². The number of hydrogen-bond donors (Lipinski definition) is 1. The molecule has 0 saturated carbocycles. The largest absolute Gasteiger partial charge is 0.445 e. The number of aliphatic hydroxyl groups excluding tert-OH is 1. The Labute approximate surface area is 105 Å². The lowest BCUT2D eigenvalue weighted by Gasteiger charge is -2.15. The predicted molar refractivity (Wildman–Crippen MR) is 63.7 cm³/mol. The van der Waals surface area contributed by atoms with Crippen molar-refractivity contribution in [1.82, 2.24) is 4.90 Å². The van der Waals surface area contributed by atoms with Crippen LogP contribution in [0.4, 0.5) is 9.18 Å². The van der Waals surface area contributed by atoms with Crippen molar-refractivity contribution in [1.29, 1.82) is 0 Å². The lowest BCUT2D eigenvalue weighted by atomic mass is 10.1. The van der Waals surface area contributed by atoms with Crippen LogP contribution >= 0.6 is 0 Å². The van der Waals surface area contributed by atoms with Crippen LogP contribution < -0.4 is 0 Å². The molecule has 18 heavy (non-hydrogen) atoms. The van der Waals surface area contributed by atoms with E-state index in [9.17, 15) is 9.18 Å². The topological polar surface area (TPSA) is 49.8 Å². The van der Waals surface area contributed by atoms with Gasteiger partial charge in [0.15, 0.2) is 0 Å². The molecule has 1 amide bonds. The molecule has 98 valence electrons. The second-order valence-corrected chi connectivity index (χ2v) is 4.40. The second-order valence-electron chi connectivity index (χ2n) is 4.40. The summed E-state index contributed by atoms with van der Waals surface area (Å²) in [6, 6.07) is 9.31. The van der Waals surface area contributed by atoms with Crippen LogP contribution in [0.5, 0.6) is 0 Å². The van der Waals surface area contributed by atoms with Gasteiger partial charge < -0.3 is 14.7 Å². The molecule has 0 radical (unpaired) electrons. The van der Waals surface area contributed by atoms with Crippen molar-refractivity contribution in [2.45, 2.75) is 12.8 Å². The van der Waals surface area contributed by atoms with Gasteiger partial charge in [-0.2, -0.15) is 0 Å². The molecule has 1 saturated heterocycles. The molecule has 1 aromatic rings. The van der Waals surface area contributed by atoms with Gasteiger partial charge in [0.05, 0.1) is 13.2 Å². The van der Waals surface area contributed by atoms with Crippen LogP contribution in [-0.2, 0) is 11.3 Å². The number of rotatable bonds is 3. The molecule has 4 nitrogen and oxygen atoms in total. The summed E-state index contributed by atoms with van der Waals surface area (Å²) in [6.07, 6.45) is -1.70. The van der Waals surface area contributed by atoms with Gasteiger partial charge in [-0.25, -0.2) is 9.18 Å². The van der Waals surface area contributed by atoms with Crippen molar-refractivity contribution in [2.75, 3.05) is 19.7 Å². The minimum atomic E-state index is -1.17. The van der Waals surface area contributed by atoms with Crippen LogP contribution in [0.3, 0.4) is 0 Å². The highest BCUT2D eigenvalue weighted by atomic mass is 19.1. The maximum absolute atomic E-state index is 13.4. The van der Waals surface area contributed by atoms with E-state index >= 15 is 0 Å². The van der Waals surface area contributed by atoms with E-state index in [1.54, 1.807) is 0 Å². The Balaban J connectivity index is 1.82. The smallest absolute Gasteiger partial charge is 0.410 e. The monoisotopic (exact) mass is 253 g/mol. The molecule has 2 rings (SSSR count). The highest BCUT2D eigenvalue weighted by Gasteiger charge is 2.35. The van der Waals surface area contributed by atoms with Crippen LogP contribution in [0.1, 0.15) is 5.56 Å². The minimum absolute atomic E-state index is 0.00114. The van der Waals surface area contributed by atoms with Crippen molar-refractivity contribution in [3.63, 3.8) is 0 Å². The highest BCUT2D eigenvalue weighted by molar-refractivity contribution is 5.68. The summed E-state index contributed by atoms with van der Waals surface area (Å²) < 4.78 is 18.4. The Hall–Kier alpha value is -1.62. The Morgan fingerprint density at radius 2 is 2.11 bits per heavy atom. The minimum Gasteiger partial charge on any atom is -0.445 e. The number of alkyl halides is 1. The number of carbonyl (C=O) groups is 1. The van der Waals surface area contributed by atoms with Crippen LogP contribution in [0.25, 0.3) is 0 Å². The van der Waals surface area contributed by atoms with E-state index in [4.69, 9.17) is 9.84 Å². The second kappa shape index (κ2) is 5.82. The quantitative estimate of drug-likeness (QED) is 0.889. The van der Waals surface area contributed by atoms with Gasteiger partial charge in [0.2, 0.25) is 0 Å². The van der Waals surface area contributed by atoms with E-state index < -0.39 is 18.2 Å². The zero-order valence-electron chi connectivity index (χ0n) is 9.96. The molecule has 1 N–H and O–H groups in total. The summed E-state index contributed by atoms with van der Waals surface area (Å²) in [7, 11) is 0. The van der Waals surface area contributed by atoms with Crippen LogP contribution in [0.15, 0.2) is 30.3 Å². The average molecular weight is 253 g/mol. The van der Waals surface area contributed by atoms with Crippen LogP contribution in [0, 0.1) is 5.92 Å². The Morgan fingerprint density at radius 3 is 2.72 bits per heavy atom. The molecule has 0 spiro atoms. The molecule has 1 heterocycles. The first-order chi connectivity index (χ1) is 8.70. The molecule has 1 fully saturated rings. The first-order valence-electron chi connectivity index (χ1n) is 5.91. The van der Waals surface area contributed by atoms with E-state index in [2.05, 4.69) is 0 Å². The van der Waals surface area contributed by atoms with E-state index in [1.165, 1.54) is 4.90 Å². The number of hydrogen-bond acceptors (Lipinski definition) is 3. The fourth-order valence-corrected chi connectivity index (χ4v) is 1.96. The van der Waals surface area contributed by atoms with Crippen molar-refractivity contribution in [3.05, 3.63) is 35.9 Å². The SMILES string of the molecule is O=C(OCc1ccccc1)N1C[C@H](CO)[C@H](F)C1. The summed E-state index contributed by atoms with van der Waals surface area (Å²) in [4.78, 5) is 13.0. The van der Waals surface area contributed by atoms with E-state index in [0.717, 1.165) is 5.56 Å². The average Bonchev–Trinajstić information content (AvgIpc) is 2.78. The summed E-state index contributed by atoms with van der Waals surface area (Å²) in [5.74, 6) is -0.491. The molecule has 0 unspecified atom stereocenters. The van der Waals surface area contributed by atoms with Gasteiger partial charge in [-0.3, -0.25) is 0 Å². The molecule has 5 heteroatoms. The first kappa shape index (κ1) is 12.8. The molecule has 1 aliphatic rings. The molecule has 0 bridgehead atoms. The third-order valence-electron chi connectivity index (χ3n) is 3.06. The molecule has 0 aliphatic carbocycles. The molecule has 1 aromatic carbocycles. The normalized spacial score (nSPS) is 23.1. The number of nitrogens with zero attached hydrogens (tertiary/aromatic N) is 1. The van der Waals surface area contributed by atoms with Gasteiger partial charge in [-0.15, -0.1) is 0 Å². The van der Waals surface area contributed by atoms with E-state index in [-0.39, 0.29) is 26.3 Å². The number of ether oxygens (including phenoxy) is 1. The zero-order valence-corrected chi connectivity index (χ0v) is 9.96. The van der Waals surface area contributed by atoms with Gasteiger partial charge in [-0.1, -0.05) is 30.3 Å². The Kier molecular flexibility index (Phi) is 4.15. The predicted octanol–water partition coefficient (Wildman–Crippen LogP) is 1.59. The molecule has 2 atom stereocenters. The van der Waals surface area contributed by atoms with Gasteiger partial charge in [0.25, 0.3) is 0 Å². The summed E-state index contributed by atoms with van der Waals surface area (Å²) in [5, 5.41) is 8.93. The fraction of sp³-hybridized carbons (Fsp3) is 0.462. The molecule has 0 aromatic heterocycles. The lowest BCUT2D eigenvalue weighted by molar-refractivity contribution is 0.101. The number of likely N-dealkylation sites (tertiary alicyclic amines) is 1. The van der Waals surface area contributed by atoms with Gasteiger partial charge in [0.1, 0.15) is 12.8 Å². The Morgan fingerprint density at radius 1 is 1.39 bits per heavy atom. The highest BCUT2D eigenvalue weighted by Crippen LogP contribution is 2.20. The maximum Gasteiger partial charge on any atom is 0.410 e. The number of amides is 1. The number of halogens is 1. The molecular weight excluding hydrogens is 237 g/mol. The fourth-order valence-electron chi connectivity index (χ4n) is 1.96. The van der Waals surface area contributed by atoms with Crippen molar-refractivity contribution in [3.8, 4) is 0 Å². The van der Waals surface area contributed by atoms with Gasteiger partial charge in [0, 0.05) is 12.5 Å². The lowest BCUT2D eigenvalue weighted by Crippen LogP contribution is -2.29.